The van der Waals surface area contributed by atoms with Crippen molar-refractivity contribution in [1.29, 1.82) is 0 Å². The summed E-state index contributed by atoms with van der Waals surface area (Å²) in [5.74, 6) is 0.540. The van der Waals surface area contributed by atoms with Gasteiger partial charge in [-0.15, -0.1) is 13.2 Å². The Labute approximate surface area is 77.3 Å². The van der Waals surface area contributed by atoms with Crippen LogP contribution in [-0.4, -0.2) is 12.5 Å². The molecule has 0 aliphatic heterocycles. The molecule has 0 rings (SSSR count). The Hall–Kier alpha value is -0.250. The minimum absolute atomic E-state index is 0.470. The number of ether oxygens (including phenoxy) is 1. The fourth-order valence-electron chi connectivity index (χ4n) is 1.10. The molecule has 80 valence electrons. The maximum absolute atomic E-state index is 11.7. The van der Waals surface area contributed by atoms with E-state index >= 15 is 0 Å². The van der Waals surface area contributed by atoms with Gasteiger partial charge in [-0.05, 0) is 19.3 Å². The van der Waals surface area contributed by atoms with Crippen molar-refractivity contribution >= 4 is 0 Å². The molecule has 1 atom stereocenters. The zero-order valence-corrected chi connectivity index (χ0v) is 8.32. The number of alkyl halides is 3. The molecule has 0 bridgehead atoms. The monoisotopic (exact) mass is 198 g/mol. The van der Waals surface area contributed by atoms with Crippen LogP contribution >= 0.6 is 0 Å². The molecule has 4 heteroatoms. The maximum Gasteiger partial charge on any atom is 0.522 e. The molecule has 0 heterocycles. The van der Waals surface area contributed by atoms with Gasteiger partial charge in [-0.3, -0.25) is 4.74 Å². The largest absolute Gasteiger partial charge is 0.522 e. The Kier molecular flexibility index (Phi) is 5.37. The first-order valence-corrected chi connectivity index (χ1v) is 4.56. The van der Waals surface area contributed by atoms with E-state index in [1.807, 2.05) is 0 Å². The van der Waals surface area contributed by atoms with E-state index in [0.29, 0.717) is 12.3 Å². The number of hydrogen-bond acceptors (Lipinski definition) is 1. The predicted molar refractivity (Wildman–Crippen MR) is 45.3 cm³/mol. The number of rotatable bonds is 5. The van der Waals surface area contributed by atoms with Gasteiger partial charge >= 0.3 is 6.36 Å². The van der Waals surface area contributed by atoms with Crippen molar-refractivity contribution in [3.63, 3.8) is 0 Å². The molecule has 0 amide bonds. The van der Waals surface area contributed by atoms with Crippen LogP contribution in [0.3, 0.4) is 0 Å². The highest BCUT2D eigenvalue weighted by atomic mass is 19.4. The molecule has 13 heavy (non-hydrogen) atoms. The first kappa shape index (κ1) is 12.8. The van der Waals surface area contributed by atoms with Crippen molar-refractivity contribution in [2.24, 2.45) is 5.92 Å². The summed E-state index contributed by atoms with van der Waals surface area (Å²) in [6.07, 6.45) is -3.01. The third-order valence-electron chi connectivity index (χ3n) is 1.73. The normalized spacial score (nSPS) is 15.0. The fourth-order valence-corrected chi connectivity index (χ4v) is 1.10. The van der Waals surface area contributed by atoms with Gasteiger partial charge in [-0.25, -0.2) is 0 Å². The smallest absolute Gasteiger partial charge is 0.289 e. The lowest BCUT2D eigenvalue weighted by Crippen LogP contribution is -2.21. The van der Waals surface area contributed by atoms with Crippen LogP contribution < -0.4 is 0 Å². The molecule has 0 saturated carbocycles. The van der Waals surface area contributed by atoms with Crippen molar-refractivity contribution in [2.75, 3.05) is 0 Å². The predicted octanol–water partition coefficient (Wildman–Crippen LogP) is 3.74. The van der Waals surface area contributed by atoms with E-state index in [0.717, 1.165) is 12.8 Å². The van der Waals surface area contributed by atoms with Crippen LogP contribution in [0.1, 0.15) is 40.0 Å². The van der Waals surface area contributed by atoms with Crippen LogP contribution in [0.2, 0.25) is 0 Å². The van der Waals surface area contributed by atoms with E-state index in [-0.39, 0.29) is 0 Å². The zero-order chi connectivity index (χ0) is 10.5. The topological polar surface area (TPSA) is 9.23 Å². The van der Waals surface area contributed by atoms with E-state index in [9.17, 15) is 13.2 Å². The van der Waals surface area contributed by atoms with Crippen molar-refractivity contribution in [2.45, 2.75) is 52.5 Å². The van der Waals surface area contributed by atoms with Gasteiger partial charge < -0.3 is 0 Å². The van der Waals surface area contributed by atoms with Crippen molar-refractivity contribution in [3.05, 3.63) is 0 Å². The maximum atomic E-state index is 11.7. The van der Waals surface area contributed by atoms with Crippen LogP contribution in [-0.2, 0) is 4.74 Å². The first-order valence-electron chi connectivity index (χ1n) is 4.56. The van der Waals surface area contributed by atoms with E-state index in [1.54, 1.807) is 0 Å². The molecule has 0 aliphatic rings. The molecule has 0 spiro atoms. The van der Waals surface area contributed by atoms with Gasteiger partial charge in [-0.2, -0.15) is 0 Å². The minimum atomic E-state index is -4.49. The summed E-state index contributed by atoms with van der Waals surface area (Å²) >= 11 is 0. The minimum Gasteiger partial charge on any atom is -0.289 e. The highest BCUT2D eigenvalue weighted by Crippen LogP contribution is 2.21. The van der Waals surface area contributed by atoms with Gasteiger partial charge in [0, 0.05) is 0 Å². The number of halogens is 3. The summed E-state index contributed by atoms with van der Waals surface area (Å²) in [6.45, 7) is 5.55. The lowest BCUT2D eigenvalue weighted by molar-refractivity contribution is -0.341. The van der Waals surface area contributed by atoms with E-state index < -0.39 is 12.5 Å². The lowest BCUT2D eigenvalue weighted by Gasteiger charge is -2.15. The molecule has 0 aromatic heterocycles. The summed E-state index contributed by atoms with van der Waals surface area (Å²) in [5.41, 5.74) is 0. The van der Waals surface area contributed by atoms with Gasteiger partial charge in [0.1, 0.15) is 0 Å². The molecule has 0 fully saturated rings. The summed E-state index contributed by atoms with van der Waals surface area (Å²) < 4.78 is 38.8. The summed E-state index contributed by atoms with van der Waals surface area (Å²) in [4.78, 5) is 0. The van der Waals surface area contributed by atoms with Gasteiger partial charge in [0.15, 0.2) is 0 Å². The van der Waals surface area contributed by atoms with Gasteiger partial charge in [0.05, 0.1) is 6.10 Å². The summed E-state index contributed by atoms with van der Waals surface area (Å²) in [6, 6.07) is 0. The van der Waals surface area contributed by atoms with E-state index in [4.69, 9.17) is 0 Å². The zero-order valence-electron chi connectivity index (χ0n) is 8.32. The van der Waals surface area contributed by atoms with Crippen molar-refractivity contribution in [1.82, 2.24) is 0 Å². The Balaban J connectivity index is 3.46. The average molecular weight is 198 g/mol. The molecule has 0 aliphatic carbocycles. The molecule has 0 aromatic carbocycles. The molecule has 0 radical (unpaired) electrons. The third-order valence-corrected chi connectivity index (χ3v) is 1.73. The second-order valence-corrected chi connectivity index (χ2v) is 3.70. The Morgan fingerprint density at radius 3 is 2.00 bits per heavy atom. The molecule has 0 N–H and O–H groups in total. The Bertz CT molecular complexity index is 131. The van der Waals surface area contributed by atoms with Crippen molar-refractivity contribution < 1.29 is 17.9 Å². The highest BCUT2D eigenvalue weighted by Gasteiger charge is 2.31. The van der Waals surface area contributed by atoms with Gasteiger partial charge in [0.25, 0.3) is 0 Å². The SMILES string of the molecule is CC(C)CCCC(C)OC(F)(F)F. The Morgan fingerprint density at radius 2 is 1.62 bits per heavy atom. The standard InChI is InChI=1S/C9H17F3O/c1-7(2)5-4-6-8(3)13-9(10,11)12/h7-8H,4-6H2,1-3H3. The first-order chi connectivity index (χ1) is 5.81. The molecule has 1 unspecified atom stereocenters. The third kappa shape index (κ3) is 9.67. The lowest BCUT2D eigenvalue weighted by atomic mass is 10.0. The van der Waals surface area contributed by atoms with Crippen molar-refractivity contribution in [3.8, 4) is 0 Å². The van der Waals surface area contributed by atoms with Crippen LogP contribution in [0.5, 0.6) is 0 Å². The van der Waals surface area contributed by atoms with Crippen LogP contribution in [0.25, 0.3) is 0 Å². The van der Waals surface area contributed by atoms with E-state index in [2.05, 4.69) is 18.6 Å². The Morgan fingerprint density at radius 1 is 1.08 bits per heavy atom. The summed E-state index contributed by atoms with van der Waals surface area (Å²) in [7, 11) is 0. The average Bonchev–Trinajstić information content (AvgIpc) is 1.81. The molecule has 0 saturated heterocycles. The molecule has 0 aromatic rings. The van der Waals surface area contributed by atoms with Crippen LogP contribution in [0.15, 0.2) is 0 Å². The van der Waals surface area contributed by atoms with E-state index in [1.165, 1.54) is 6.92 Å². The second-order valence-electron chi connectivity index (χ2n) is 3.70. The second kappa shape index (κ2) is 5.47. The summed E-state index contributed by atoms with van der Waals surface area (Å²) in [5, 5.41) is 0. The fraction of sp³-hybridized carbons (Fsp3) is 1.00. The number of hydrogen-bond donors (Lipinski definition) is 0. The van der Waals surface area contributed by atoms with Gasteiger partial charge in [0.2, 0.25) is 0 Å². The van der Waals surface area contributed by atoms with Gasteiger partial charge in [-0.1, -0.05) is 26.7 Å². The van der Waals surface area contributed by atoms with Crippen LogP contribution in [0.4, 0.5) is 13.2 Å². The highest BCUT2D eigenvalue weighted by molar-refractivity contribution is 4.53. The molecule has 1 nitrogen and oxygen atoms in total. The molecular formula is C9H17F3O. The molecular weight excluding hydrogens is 181 g/mol. The van der Waals surface area contributed by atoms with Crippen LogP contribution in [0, 0.1) is 5.92 Å². The quantitative estimate of drug-likeness (QED) is 0.653.